The summed E-state index contributed by atoms with van der Waals surface area (Å²) >= 11 is 0. The van der Waals surface area contributed by atoms with Crippen molar-refractivity contribution in [3.8, 4) is 11.3 Å². The molecule has 0 unspecified atom stereocenters. The molecule has 1 aliphatic carbocycles. The normalized spacial score (nSPS) is 18.8. The van der Waals surface area contributed by atoms with Gasteiger partial charge in [0.2, 0.25) is 0 Å². The standard InChI is InChI=1S/C37H37NO/c1-21-20-38-31(17-23(21)19-35(2,3)4)26-13-9-12-25-28-15-22-16-30-33-24(27(22)18-32(28)39-34(25)26)11-10-14-29(33)36(5,6)37(30,7)8/h9-18,20H,19H2,1-8H3/i1D3,19D2. The molecule has 39 heavy (non-hydrogen) atoms. The smallest absolute Gasteiger partial charge is 0.144 e. The predicted molar refractivity (Wildman–Crippen MR) is 166 cm³/mol. The molecule has 0 saturated carbocycles. The summed E-state index contributed by atoms with van der Waals surface area (Å²) in [5.74, 6) is 0. The summed E-state index contributed by atoms with van der Waals surface area (Å²) in [7, 11) is 0. The van der Waals surface area contributed by atoms with Crippen molar-refractivity contribution in [3.05, 3.63) is 89.1 Å². The zero-order valence-electron chi connectivity index (χ0n) is 28.7. The Morgan fingerprint density at radius 2 is 1.59 bits per heavy atom. The number of hydrogen-bond acceptors (Lipinski definition) is 2. The van der Waals surface area contributed by atoms with Gasteiger partial charge >= 0.3 is 0 Å². The second kappa shape index (κ2) is 7.72. The van der Waals surface area contributed by atoms with Crippen molar-refractivity contribution in [2.24, 2.45) is 5.41 Å². The Hall–Kier alpha value is -3.65. The SMILES string of the molecule is [2H]C([2H])([2H])c1cnc(-c2cccc3c2oc2cc4c(cc5c6c(cccc64)C(C)(C)C5(C)C)cc23)cc1C([2H])([2H])C(C)(C)C. The van der Waals surface area contributed by atoms with Crippen LogP contribution in [0.5, 0.6) is 0 Å². The fourth-order valence-corrected chi connectivity index (χ4v) is 6.51. The third kappa shape index (κ3) is 3.37. The Bertz CT molecular complexity index is 2180. The summed E-state index contributed by atoms with van der Waals surface area (Å²) in [5, 5.41) is 6.81. The molecule has 196 valence electrons. The molecule has 0 spiro atoms. The molecule has 2 nitrogen and oxygen atoms in total. The highest BCUT2D eigenvalue weighted by Gasteiger charge is 2.47. The van der Waals surface area contributed by atoms with Gasteiger partial charge in [0.25, 0.3) is 0 Å². The summed E-state index contributed by atoms with van der Waals surface area (Å²) in [6.45, 7) is 12.2. The largest absolute Gasteiger partial charge is 0.455 e. The van der Waals surface area contributed by atoms with Gasteiger partial charge in [-0.05, 0) is 104 Å². The summed E-state index contributed by atoms with van der Waals surface area (Å²) in [4.78, 5) is 4.56. The minimum atomic E-state index is -2.50. The molecule has 7 rings (SSSR count). The minimum Gasteiger partial charge on any atom is -0.455 e. The van der Waals surface area contributed by atoms with Crippen LogP contribution in [0.1, 0.15) is 77.6 Å². The van der Waals surface area contributed by atoms with Crippen LogP contribution in [0.2, 0.25) is 0 Å². The van der Waals surface area contributed by atoms with Gasteiger partial charge in [0.1, 0.15) is 11.2 Å². The first-order chi connectivity index (χ1) is 20.4. The molecular weight excluding hydrogens is 474 g/mol. The van der Waals surface area contributed by atoms with Gasteiger partial charge in [-0.1, -0.05) is 78.8 Å². The van der Waals surface area contributed by atoms with Crippen LogP contribution < -0.4 is 0 Å². The molecule has 1 aliphatic rings. The molecule has 0 atom stereocenters. The van der Waals surface area contributed by atoms with Crippen molar-refractivity contribution in [1.82, 2.24) is 4.98 Å². The molecule has 2 heteroatoms. The van der Waals surface area contributed by atoms with E-state index in [0.717, 1.165) is 27.1 Å². The summed E-state index contributed by atoms with van der Waals surface area (Å²) < 4.78 is 48.8. The number of para-hydroxylation sites is 1. The van der Waals surface area contributed by atoms with E-state index in [1.54, 1.807) is 26.8 Å². The molecule has 2 heterocycles. The lowest BCUT2D eigenvalue weighted by Crippen LogP contribution is -2.35. The van der Waals surface area contributed by atoms with E-state index in [9.17, 15) is 0 Å². The first kappa shape index (κ1) is 19.4. The van der Waals surface area contributed by atoms with E-state index in [1.807, 2.05) is 18.2 Å². The van der Waals surface area contributed by atoms with E-state index in [1.165, 1.54) is 28.1 Å². The number of furan rings is 1. The second-order valence-corrected chi connectivity index (χ2v) is 13.2. The van der Waals surface area contributed by atoms with Crippen LogP contribution >= 0.6 is 0 Å². The molecule has 0 radical (unpaired) electrons. The van der Waals surface area contributed by atoms with E-state index >= 15 is 0 Å². The highest BCUT2D eigenvalue weighted by molar-refractivity contribution is 6.19. The number of fused-ring (bicyclic) bond motifs is 5. The van der Waals surface area contributed by atoms with Crippen LogP contribution in [0, 0.1) is 12.3 Å². The van der Waals surface area contributed by atoms with Gasteiger partial charge in [-0.25, -0.2) is 0 Å². The quantitative estimate of drug-likeness (QED) is 0.214. The Labute approximate surface area is 238 Å². The summed E-state index contributed by atoms with van der Waals surface area (Å²) in [5.41, 5.74) is 4.51. The van der Waals surface area contributed by atoms with Gasteiger partial charge < -0.3 is 4.42 Å². The Kier molecular flexibility index (Phi) is 3.84. The van der Waals surface area contributed by atoms with Crippen molar-refractivity contribution in [3.63, 3.8) is 0 Å². The van der Waals surface area contributed by atoms with Crippen LogP contribution in [-0.4, -0.2) is 4.98 Å². The molecular formula is C37H37NO. The Morgan fingerprint density at radius 1 is 0.846 bits per heavy atom. The maximum absolute atomic E-state index is 8.95. The molecule has 6 aromatic rings. The maximum atomic E-state index is 8.95. The number of benzene rings is 4. The van der Waals surface area contributed by atoms with E-state index < -0.39 is 18.6 Å². The third-order valence-corrected chi connectivity index (χ3v) is 9.19. The Morgan fingerprint density at radius 3 is 2.36 bits per heavy atom. The molecule has 0 bridgehead atoms. The first-order valence-electron chi connectivity index (χ1n) is 16.2. The average molecular weight is 517 g/mol. The summed E-state index contributed by atoms with van der Waals surface area (Å²) in [6, 6.07) is 20.8. The molecule has 2 aromatic heterocycles. The average Bonchev–Trinajstić information content (AvgIpc) is 3.37. The van der Waals surface area contributed by atoms with Crippen molar-refractivity contribution >= 4 is 43.5 Å². The Balaban J connectivity index is 1.49. The number of rotatable bonds is 2. The number of pyridine rings is 1. The van der Waals surface area contributed by atoms with Crippen LogP contribution in [0.4, 0.5) is 0 Å². The van der Waals surface area contributed by atoms with E-state index in [0.29, 0.717) is 16.8 Å². The van der Waals surface area contributed by atoms with Gasteiger partial charge in [0, 0.05) is 29.4 Å². The molecule has 0 amide bonds. The summed E-state index contributed by atoms with van der Waals surface area (Å²) in [6.07, 6.45) is -0.608. The van der Waals surface area contributed by atoms with Crippen LogP contribution in [0.3, 0.4) is 0 Å². The third-order valence-electron chi connectivity index (χ3n) is 9.19. The lowest BCUT2D eigenvalue weighted by molar-refractivity contribution is 0.322. The lowest BCUT2D eigenvalue weighted by Gasteiger charge is -2.37. The fourth-order valence-electron chi connectivity index (χ4n) is 6.51. The number of aryl methyl sites for hydroxylation is 1. The van der Waals surface area contributed by atoms with Crippen molar-refractivity contribution in [2.45, 2.75) is 72.5 Å². The van der Waals surface area contributed by atoms with E-state index in [2.05, 4.69) is 69.1 Å². The van der Waals surface area contributed by atoms with Crippen LogP contribution in [-0.2, 0) is 17.2 Å². The minimum absolute atomic E-state index is 0.00339. The second-order valence-electron chi connectivity index (χ2n) is 13.2. The van der Waals surface area contributed by atoms with Crippen molar-refractivity contribution < 1.29 is 11.3 Å². The highest BCUT2D eigenvalue weighted by Crippen LogP contribution is 2.55. The van der Waals surface area contributed by atoms with Gasteiger partial charge in [0.15, 0.2) is 0 Å². The fraction of sp³-hybridized carbons (Fsp3) is 0.324. The topological polar surface area (TPSA) is 26.0 Å². The van der Waals surface area contributed by atoms with Gasteiger partial charge in [-0.3, -0.25) is 4.98 Å². The van der Waals surface area contributed by atoms with Gasteiger partial charge in [-0.2, -0.15) is 0 Å². The molecule has 4 aromatic carbocycles. The molecule has 0 N–H and O–H groups in total. The molecule has 0 fully saturated rings. The van der Waals surface area contributed by atoms with Crippen molar-refractivity contribution in [1.29, 1.82) is 0 Å². The monoisotopic (exact) mass is 516 g/mol. The molecule has 0 saturated heterocycles. The van der Waals surface area contributed by atoms with Crippen LogP contribution in [0.15, 0.2) is 71.3 Å². The zero-order valence-corrected chi connectivity index (χ0v) is 23.7. The predicted octanol–water partition coefficient (Wildman–Crippen LogP) is 10.4. The highest BCUT2D eigenvalue weighted by atomic mass is 16.3. The number of aromatic nitrogens is 1. The lowest BCUT2D eigenvalue weighted by atomic mass is 9.66. The zero-order chi connectivity index (χ0) is 31.8. The van der Waals surface area contributed by atoms with Crippen LogP contribution in [0.25, 0.3) is 54.7 Å². The van der Waals surface area contributed by atoms with E-state index in [-0.39, 0.29) is 22.0 Å². The van der Waals surface area contributed by atoms with Crippen molar-refractivity contribution in [2.75, 3.05) is 0 Å². The first-order valence-corrected chi connectivity index (χ1v) is 13.7. The number of hydrogen-bond donors (Lipinski definition) is 0. The maximum Gasteiger partial charge on any atom is 0.144 e. The van der Waals surface area contributed by atoms with E-state index in [4.69, 9.17) is 11.3 Å². The van der Waals surface area contributed by atoms with Gasteiger partial charge in [0.05, 0.1) is 5.69 Å². The number of nitrogens with zero attached hydrogens (tertiary/aromatic N) is 1. The molecule has 0 aliphatic heterocycles. The van der Waals surface area contributed by atoms with Gasteiger partial charge in [-0.15, -0.1) is 0 Å².